The second kappa shape index (κ2) is 6.78. The van der Waals surface area contributed by atoms with Crippen LogP contribution >= 0.6 is 0 Å². The standard InChI is InChI=1S/C14H20N2O3/c1-14(2,3)19-13(17)15-9-5-6-11-7-8-12(18-4)10-16-11/h5-8,10H,9H2,1-4H3,(H,15,17). The zero-order valence-corrected chi connectivity index (χ0v) is 11.8. The molecule has 5 nitrogen and oxygen atoms in total. The highest BCUT2D eigenvalue weighted by Crippen LogP contribution is 2.09. The average molecular weight is 264 g/mol. The fourth-order valence-corrected chi connectivity index (χ4v) is 1.25. The van der Waals surface area contributed by atoms with E-state index in [2.05, 4.69) is 10.3 Å². The Hall–Kier alpha value is -2.04. The van der Waals surface area contributed by atoms with Crippen LogP contribution in [0.5, 0.6) is 5.75 Å². The van der Waals surface area contributed by atoms with E-state index in [0.717, 1.165) is 5.69 Å². The van der Waals surface area contributed by atoms with E-state index in [0.29, 0.717) is 12.3 Å². The van der Waals surface area contributed by atoms with Gasteiger partial charge in [0.15, 0.2) is 0 Å². The topological polar surface area (TPSA) is 60.5 Å². The Balaban J connectivity index is 2.35. The minimum Gasteiger partial charge on any atom is -0.495 e. The van der Waals surface area contributed by atoms with Crippen molar-refractivity contribution in [3.8, 4) is 5.75 Å². The molecule has 104 valence electrons. The molecule has 0 saturated carbocycles. The number of aromatic nitrogens is 1. The van der Waals surface area contributed by atoms with Gasteiger partial charge in [0.25, 0.3) is 0 Å². The number of hydrogen-bond acceptors (Lipinski definition) is 4. The monoisotopic (exact) mass is 264 g/mol. The molecule has 0 saturated heterocycles. The molecule has 0 atom stereocenters. The number of hydrogen-bond donors (Lipinski definition) is 1. The molecule has 0 radical (unpaired) electrons. The Morgan fingerprint density at radius 1 is 1.42 bits per heavy atom. The van der Waals surface area contributed by atoms with Gasteiger partial charge in [-0.05, 0) is 39.0 Å². The van der Waals surface area contributed by atoms with Gasteiger partial charge in [0.2, 0.25) is 0 Å². The first kappa shape index (κ1) is 15.0. The molecule has 1 N–H and O–H groups in total. The lowest BCUT2D eigenvalue weighted by atomic mass is 10.2. The van der Waals surface area contributed by atoms with Crippen molar-refractivity contribution < 1.29 is 14.3 Å². The third-order valence-electron chi connectivity index (χ3n) is 2.05. The van der Waals surface area contributed by atoms with Gasteiger partial charge < -0.3 is 14.8 Å². The Labute approximate surface area is 113 Å². The molecule has 1 rings (SSSR count). The molecule has 0 aliphatic carbocycles. The zero-order chi connectivity index (χ0) is 14.3. The molecule has 0 aliphatic rings. The third-order valence-corrected chi connectivity index (χ3v) is 2.05. The van der Waals surface area contributed by atoms with Crippen molar-refractivity contribution >= 4 is 12.2 Å². The summed E-state index contributed by atoms with van der Waals surface area (Å²) < 4.78 is 10.1. The number of amides is 1. The van der Waals surface area contributed by atoms with Crippen molar-refractivity contribution in [1.82, 2.24) is 10.3 Å². The number of alkyl carbamates (subject to hydrolysis) is 1. The number of ether oxygens (including phenoxy) is 2. The summed E-state index contributed by atoms with van der Waals surface area (Å²) in [5.41, 5.74) is 0.317. The highest BCUT2D eigenvalue weighted by molar-refractivity contribution is 5.68. The van der Waals surface area contributed by atoms with Gasteiger partial charge in [-0.25, -0.2) is 4.79 Å². The molecule has 0 aliphatic heterocycles. The molecule has 0 aromatic carbocycles. The highest BCUT2D eigenvalue weighted by Gasteiger charge is 2.14. The zero-order valence-electron chi connectivity index (χ0n) is 11.8. The molecule has 0 fully saturated rings. The Morgan fingerprint density at radius 3 is 2.68 bits per heavy atom. The molecule has 0 bridgehead atoms. The Bertz CT molecular complexity index is 433. The number of rotatable bonds is 4. The van der Waals surface area contributed by atoms with Gasteiger partial charge in [-0.15, -0.1) is 0 Å². The molecule has 19 heavy (non-hydrogen) atoms. The summed E-state index contributed by atoms with van der Waals surface area (Å²) in [5, 5.41) is 2.63. The van der Waals surface area contributed by atoms with Crippen molar-refractivity contribution in [2.24, 2.45) is 0 Å². The predicted molar refractivity (Wildman–Crippen MR) is 74.1 cm³/mol. The number of methoxy groups -OCH3 is 1. The summed E-state index contributed by atoms with van der Waals surface area (Å²) in [5.74, 6) is 0.712. The first-order valence-electron chi connectivity index (χ1n) is 6.04. The minimum atomic E-state index is -0.481. The van der Waals surface area contributed by atoms with E-state index in [-0.39, 0.29) is 0 Å². The van der Waals surface area contributed by atoms with Crippen LogP contribution in [0.4, 0.5) is 4.79 Å². The van der Waals surface area contributed by atoms with Crippen LogP contribution < -0.4 is 10.1 Å². The molecular formula is C14H20N2O3. The van der Waals surface area contributed by atoms with Crippen molar-refractivity contribution in [3.63, 3.8) is 0 Å². The number of nitrogens with one attached hydrogen (secondary N) is 1. The smallest absolute Gasteiger partial charge is 0.407 e. The van der Waals surface area contributed by atoms with Crippen LogP contribution in [-0.2, 0) is 4.74 Å². The fraction of sp³-hybridized carbons (Fsp3) is 0.429. The largest absolute Gasteiger partial charge is 0.495 e. The summed E-state index contributed by atoms with van der Waals surface area (Å²) in [4.78, 5) is 15.5. The average Bonchev–Trinajstić information content (AvgIpc) is 2.33. The van der Waals surface area contributed by atoms with Gasteiger partial charge in [-0.2, -0.15) is 0 Å². The van der Waals surface area contributed by atoms with Gasteiger partial charge in [-0.3, -0.25) is 4.98 Å². The quantitative estimate of drug-likeness (QED) is 0.908. The number of pyridine rings is 1. The van der Waals surface area contributed by atoms with Crippen molar-refractivity contribution in [2.45, 2.75) is 26.4 Å². The summed E-state index contributed by atoms with van der Waals surface area (Å²) >= 11 is 0. The van der Waals surface area contributed by atoms with Gasteiger partial charge in [0.1, 0.15) is 11.4 Å². The van der Waals surface area contributed by atoms with E-state index in [1.165, 1.54) is 0 Å². The van der Waals surface area contributed by atoms with Crippen LogP contribution in [0.3, 0.4) is 0 Å². The summed E-state index contributed by atoms with van der Waals surface area (Å²) in [7, 11) is 1.59. The molecule has 1 heterocycles. The predicted octanol–water partition coefficient (Wildman–Crippen LogP) is 2.63. The minimum absolute atomic E-state index is 0.391. The molecule has 0 spiro atoms. The van der Waals surface area contributed by atoms with Gasteiger partial charge in [0, 0.05) is 6.54 Å². The summed E-state index contributed by atoms with van der Waals surface area (Å²) in [6.45, 7) is 5.86. The van der Waals surface area contributed by atoms with E-state index >= 15 is 0 Å². The molecule has 1 aromatic rings. The lowest BCUT2D eigenvalue weighted by Gasteiger charge is -2.19. The molecule has 1 amide bonds. The van der Waals surface area contributed by atoms with Gasteiger partial charge >= 0.3 is 6.09 Å². The second-order valence-electron chi connectivity index (χ2n) is 4.91. The number of carbonyl (C=O) groups is 1. The van der Waals surface area contributed by atoms with E-state index in [9.17, 15) is 4.79 Å². The van der Waals surface area contributed by atoms with Crippen LogP contribution in [0.1, 0.15) is 26.5 Å². The first-order valence-corrected chi connectivity index (χ1v) is 6.04. The maximum Gasteiger partial charge on any atom is 0.407 e. The Morgan fingerprint density at radius 2 is 2.16 bits per heavy atom. The van der Waals surface area contributed by atoms with Gasteiger partial charge in [0.05, 0.1) is 19.0 Å². The lowest BCUT2D eigenvalue weighted by Crippen LogP contribution is -2.32. The van der Waals surface area contributed by atoms with Crippen LogP contribution in [0.25, 0.3) is 6.08 Å². The van der Waals surface area contributed by atoms with Crippen LogP contribution in [0.2, 0.25) is 0 Å². The maximum atomic E-state index is 11.4. The number of carbonyl (C=O) groups excluding carboxylic acids is 1. The molecular weight excluding hydrogens is 244 g/mol. The lowest BCUT2D eigenvalue weighted by molar-refractivity contribution is 0.0534. The SMILES string of the molecule is COc1ccc(C=CCNC(=O)OC(C)(C)C)nc1. The van der Waals surface area contributed by atoms with Crippen LogP contribution in [0, 0.1) is 0 Å². The normalized spacial score (nSPS) is 11.4. The van der Waals surface area contributed by atoms with Crippen LogP contribution in [-0.4, -0.2) is 30.3 Å². The highest BCUT2D eigenvalue weighted by atomic mass is 16.6. The van der Waals surface area contributed by atoms with E-state index in [4.69, 9.17) is 9.47 Å². The van der Waals surface area contributed by atoms with Gasteiger partial charge in [-0.1, -0.05) is 6.08 Å². The maximum absolute atomic E-state index is 11.4. The molecule has 5 heteroatoms. The van der Waals surface area contributed by atoms with Crippen LogP contribution in [0.15, 0.2) is 24.4 Å². The van der Waals surface area contributed by atoms with Crippen molar-refractivity contribution in [3.05, 3.63) is 30.1 Å². The van der Waals surface area contributed by atoms with Crippen molar-refractivity contribution in [1.29, 1.82) is 0 Å². The summed E-state index contributed by atoms with van der Waals surface area (Å²) in [6, 6.07) is 3.66. The van der Waals surface area contributed by atoms with E-state index in [1.807, 2.05) is 39.0 Å². The third kappa shape index (κ3) is 6.45. The van der Waals surface area contributed by atoms with E-state index < -0.39 is 11.7 Å². The first-order chi connectivity index (χ1) is 8.90. The van der Waals surface area contributed by atoms with E-state index in [1.54, 1.807) is 19.4 Å². The number of nitrogens with zero attached hydrogens (tertiary/aromatic N) is 1. The van der Waals surface area contributed by atoms with Crippen molar-refractivity contribution in [2.75, 3.05) is 13.7 Å². The molecule has 0 unspecified atom stereocenters. The summed E-state index contributed by atoms with van der Waals surface area (Å²) in [6.07, 6.45) is 4.83. The Kier molecular flexibility index (Phi) is 5.36. The fourth-order valence-electron chi connectivity index (χ4n) is 1.25. The molecule has 1 aromatic heterocycles. The second-order valence-corrected chi connectivity index (χ2v) is 4.91.